The van der Waals surface area contributed by atoms with Crippen molar-refractivity contribution in [1.29, 1.82) is 0 Å². The number of pyridine rings is 1. The smallest absolute Gasteiger partial charge is 0.254 e. The van der Waals surface area contributed by atoms with Crippen molar-refractivity contribution >= 4 is 11.7 Å². The molecule has 2 aromatic rings. The first-order valence-corrected chi connectivity index (χ1v) is 9.21. The van der Waals surface area contributed by atoms with Gasteiger partial charge in [0, 0.05) is 30.4 Å². The van der Waals surface area contributed by atoms with E-state index in [-0.39, 0.29) is 11.9 Å². The zero-order valence-electron chi connectivity index (χ0n) is 15.1. The van der Waals surface area contributed by atoms with Gasteiger partial charge in [-0.25, -0.2) is 4.98 Å². The summed E-state index contributed by atoms with van der Waals surface area (Å²) in [7, 11) is 0. The second-order valence-corrected chi connectivity index (χ2v) is 7.09. The predicted octanol–water partition coefficient (Wildman–Crippen LogP) is 4.52. The summed E-state index contributed by atoms with van der Waals surface area (Å²) >= 11 is 0. The number of likely N-dealkylation sites (tertiary alicyclic amines) is 1. The molecule has 132 valence electrons. The number of hydrogen-bond acceptors (Lipinski definition) is 3. The topological polar surface area (TPSA) is 45.2 Å². The summed E-state index contributed by atoms with van der Waals surface area (Å²) in [6.45, 7) is 6.04. The van der Waals surface area contributed by atoms with Gasteiger partial charge in [0.15, 0.2) is 0 Å². The lowest BCUT2D eigenvalue weighted by Gasteiger charge is -2.37. The molecule has 0 aliphatic carbocycles. The van der Waals surface area contributed by atoms with Crippen molar-refractivity contribution in [2.45, 2.75) is 39.2 Å². The fourth-order valence-corrected chi connectivity index (χ4v) is 3.38. The van der Waals surface area contributed by atoms with Crippen LogP contribution in [-0.4, -0.2) is 28.9 Å². The minimum Gasteiger partial charge on any atom is -0.370 e. The Balaban J connectivity index is 1.88. The monoisotopic (exact) mass is 337 g/mol. The standard InChI is InChI=1S/C21H27N3O/c1-16(2)15-23-20-18(11-8-13-22-20)19-12-6-7-14-24(19)21(25)17-9-4-3-5-10-17/h3-5,8-11,13,16,19H,6-7,12,14-15H2,1-2H3,(H,22,23)/t19-/m0/s1. The van der Waals surface area contributed by atoms with Crippen molar-refractivity contribution in [3.05, 3.63) is 59.8 Å². The Kier molecular flexibility index (Phi) is 5.69. The van der Waals surface area contributed by atoms with Crippen LogP contribution >= 0.6 is 0 Å². The van der Waals surface area contributed by atoms with Gasteiger partial charge in [0.2, 0.25) is 0 Å². The summed E-state index contributed by atoms with van der Waals surface area (Å²) in [6.07, 6.45) is 5.00. The summed E-state index contributed by atoms with van der Waals surface area (Å²) in [4.78, 5) is 19.6. The molecule has 1 amide bonds. The SMILES string of the molecule is CC(C)CNc1ncccc1[C@@H]1CCCCN1C(=O)c1ccccc1. The highest BCUT2D eigenvalue weighted by Crippen LogP contribution is 2.35. The Hall–Kier alpha value is -2.36. The highest BCUT2D eigenvalue weighted by Gasteiger charge is 2.30. The van der Waals surface area contributed by atoms with Crippen LogP contribution in [0.1, 0.15) is 55.1 Å². The zero-order valence-corrected chi connectivity index (χ0v) is 15.1. The molecule has 1 N–H and O–H groups in total. The number of carbonyl (C=O) groups is 1. The van der Waals surface area contributed by atoms with E-state index in [1.165, 1.54) is 0 Å². The normalized spacial score (nSPS) is 17.6. The van der Waals surface area contributed by atoms with E-state index in [0.29, 0.717) is 5.92 Å². The van der Waals surface area contributed by atoms with Crippen LogP contribution < -0.4 is 5.32 Å². The molecule has 2 heterocycles. The first-order chi connectivity index (χ1) is 12.2. The van der Waals surface area contributed by atoms with Crippen LogP contribution in [0.25, 0.3) is 0 Å². The fraction of sp³-hybridized carbons (Fsp3) is 0.429. The molecule has 1 aromatic heterocycles. The largest absolute Gasteiger partial charge is 0.370 e. The van der Waals surface area contributed by atoms with Gasteiger partial charge in [-0.05, 0) is 43.4 Å². The third-order valence-electron chi connectivity index (χ3n) is 4.66. The number of nitrogens with one attached hydrogen (secondary N) is 1. The van der Waals surface area contributed by atoms with Crippen LogP contribution in [0.5, 0.6) is 0 Å². The summed E-state index contributed by atoms with van der Waals surface area (Å²) in [5.74, 6) is 1.57. The average Bonchev–Trinajstić information content (AvgIpc) is 2.67. The van der Waals surface area contributed by atoms with E-state index in [2.05, 4.69) is 30.2 Å². The number of piperidine rings is 1. The molecule has 1 fully saturated rings. The predicted molar refractivity (Wildman–Crippen MR) is 102 cm³/mol. The summed E-state index contributed by atoms with van der Waals surface area (Å²) < 4.78 is 0. The second kappa shape index (κ2) is 8.15. The number of anilines is 1. The third-order valence-corrected chi connectivity index (χ3v) is 4.66. The summed E-state index contributed by atoms with van der Waals surface area (Å²) in [5.41, 5.74) is 1.89. The van der Waals surface area contributed by atoms with Crippen LogP contribution in [0, 0.1) is 5.92 Å². The van der Waals surface area contributed by atoms with E-state index in [1.807, 2.05) is 47.5 Å². The second-order valence-electron chi connectivity index (χ2n) is 7.09. The lowest BCUT2D eigenvalue weighted by atomic mass is 9.94. The van der Waals surface area contributed by atoms with Crippen molar-refractivity contribution in [3.8, 4) is 0 Å². The van der Waals surface area contributed by atoms with E-state index in [0.717, 1.165) is 49.3 Å². The number of nitrogens with zero attached hydrogens (tertiary/aromatic N) is 2. The Labute approximate surface area is 150 Å². The van der Waals surface area contributed by atoms with Crippen molar-refractivity contribution in [3.63, 3.8) is 0 Å². The van der Waals surface area contributed by atoms with Crippen molar-refractivity contribution < 1.29 is 4.79 Å². The van der Waals surface area contributed by atoms with Gasteiger partial charge in [0.05, 0.1) is 6.04 Å². The zero-order chi connectivity index (χ0) is 17.6. The molecule has 0 spiro atoms. The van der Waals surface area contributed by atoms with Crippen LogP contribution in [0.4, 0.5) is 5.82 Å². The lowest BCUT2D eigenvalue weighted by molar-refractivity contribution is 0.0612. The molecule has 3 rings (SSSR count). The highest BCUT2D eigenvalue weighted by atomic mass is 16.2. The van der Waals surface area contributed by atoms with Gasteiger partial charge in [-0.1, -0.05) is 38.1 Å². The Morgan fingerprint density at radius 3 is 2.76 bits per heavy atom. The first-order valence-electron chi connectivity index (χ1n) is 9.21. The third kappa shape index (κ3) is 4.19. The van der Waals surface area contributed by atoms with Crippen LogP contribution in [0.15, 0.2) is 48.7 Å². The van der Waals surface area contributed by atoms with Crippen molar-refractivity contribution in [1.82, 2.24) is 9.88 Å². The van der Waals surface area contributed by atoms with Crippen LogP contribution in [-0.2, 0) is 0 Å². The summed E-state index contributed by atoms with van der Waals surface area (Å²) in [6, 6.07) is 13.7. The van der Waals surface area contributed by atoms with E-state index in [4.69, 9.17) is 0 Å². The molecular formula is C21H27N3O. The van der Waals surface area contributed by atoms with Gasteiger partial charge in [-0.2, -0.15) is 0 Å². The summed E-state index contributed by atoms with van der Waals surface area (Å²) in [5, 5.41) is 3.46. The maximum absolute atomic E-state index is 13.0. The molecule has 25 heavy (non-hydrogen) atoms. The molecule has 0 unspecified atom stereocenters. The van der Waals surface area contributed by atoms with Crippen molar-refractivity contribution in [2.75, 3.05) is 18.4 Å². The Morgan fingerprint density at radius 1 is 1.20 bits per heavy atom. The molecule has 1 aromatic carbocycles. The van der Waals surface area contributed by atoms with E-state index >= 15 is 0 Å². The van der Waals surface area contributed by atoms with E-state index in [9.17, 15) is 4.79 Å². The van der Waals surface area contributed by atoms with Gasteiger partial charge in [0.25, 0.3) is 5.91 Å². The molecule has 4 nitrogen and oxygen atoms in total. The first kappa shape index (κ1) is 17.5. The maximum Gasteiger partial charge on any atom is 0.254 e. The van der Waals surface area contributed by atoms with E-state index < -0.39 is 0 Å². The van der Waals surface area contributed by atoms with Crippen LogP contribution in [0.2, 0.25) is 0 Å². The Morgan fingerprint density at radius 2 is 2.00 bits per heavy atom. The van der Waals surface area contributed by atoms with Crippen LogP contribution in [0.3, 0.4) is 0 Å². The minimum atomic E-state index is 0.0878. The Bertz CT molecular complexity index is 699. The highest BCUT2D eigenvalue weighted by molar-refractivity contribution is 5.94. The number of rotatable bonds is 5. The quantitative estimate of drug-likeness (QED) is 0.872. The molecular weight excluding hydrogens is 310 g/mol. The van der Waals surface area contributed by atoms with Gasteiger partial charge < -0.3 is 10.2 Å². The molecule has 0 bridgehead atoms. The molecule has 0 radical (unpaired) electrons. The lowest BCUT2D eigenvalue weighted by Crippen LogP contribution is -2.39. The average molecular weight is 337 g/mol. The molecule has 1 atom stereocenters. The number of carbonyl (C=O) groups excluding carboxylic acids is 1. The molecule has 1 aliphatic heterocycles. The van der Waals surface area contributed by atoms with Crippen molar-refractivity contribution in [2.24, 2.45) is 5.92 Å². The number of hydrogen-bond donors (Lipinski definition) is 1. The van der Waals surface area contributed by atoms with E-state index in [1.54, 1.807) is 0 Å². The molecule has 1 saturated heterocycles. The number of aromatic nitrogens is 1. The fourth-order valence-electron chi connectivity index (χ4n) is 3.38. The minimum absolute atomic E-state index is 0.0878. The number of amides is 1. The molecule has 0 saturated carbocycles. The maximum atomic E-state index is 13.0. The van der Waals surface area contributed by atoms with Gasteiger partial charge in [-0.3, -0.25) is 4.79 Å². The molecule has 4 heteroatoms. The number of benzene rings is 1. The molecule has 1 aliphatic rings. The van der Waals surface area contributed by atoms with Gasteiger partial charge >= 0.3 is 0 Å². The van der Waals surface area contributed by atoms with Gasteiger partial charge in [0.1, 0.15) is 5.82 Å². The van der Waals surface area contributed by atoms with Gasteiger partial charge in [-0.15, -0.1) is 0 Å².